The molecule has 108 valence electrons. The van der Waals surface area contributed by atoms with E-state index in [1.165, 1.54) is 6.42 Å². The number of carbonyl (C=O) groups excluding carboxylic acids is 1. The number of nitrogens with one attached hydrogen (secondary N) is 1. The Morgan fingerprint density at radius 1 is 1.05 bits per heavy atom. The predicted octanol–water partition coefficient (Wildman–Crippen LogP) is 2.86. The molecule has 0 unspecified atom stereocenters. The van der Waals surface area contributed by atoms with Crippen molar-refractivity contribution in [2.24, 2.45) is 5.41 Å². The van der Waals surface area contributed by atoms with Crippen molar-refractivity contribution < 1.29 is 14.7 Å². The average molecular weight is 267 g/mol. The summed E-state index contributed by atoms with van der Waals surface area (Å²) in [7, 11) is 0. The fourth-order valence-electron chi connectivity index (χ4n) is 3.71. The second-order valence-corrected chi connectivity index (χ2v) is 6.49. The SMILES string of the molecule is CCC1(NC(=O)CC2(CC(=O)O)CCCC2)CCC1. The van der Waals surface area contributed by atoms with Gasteiger partial charge in [0.05, 0.1) is 6.42 Å². The highest BCUT2D eigenvalue weighted by Gasteiger charge is 2.41. The van der Waals surface area contributed by atoms with E-state index in [0.29, 0.717) is 6.42 Å². The van der Waals surface area contributed by atoms with Crippen LogP contribution in [0.1, 0.15) is 71.1 Å². The van der Waals surface area contributed by atoms with Gasteiger partial charge in [-0.3, -0.25) is 9.59 Å². The van der Waals surface area contributed by atoms with E-state index in [2.05, 4.69) is 12.2 Å². The fourth-order valence-corrected chi connectivity index (χ4v) is 3.71. The van der Waals surface area contributed by atoms with Crippen LogP contribution in [-0.2, 0) is 9.59 Å². The zero-order chi connectivity index (χ0) is 13.9. The van der Waals surface area contributed by atoms with E-state index in [4.69, 9.17) is 5.11 Å². The number of amides is 1. The topological polar surface area (TPSA) is 66.4 Å². The second kappa shape index (κ2) is 5.51. The predicted molar refractivity (Wildman–Crippen MR) is 72.8 cm³/mol. The van der Waals surface area contributed by atoms with Gasteiger partial charge in [-0.15, -0.1) is 0 Å². The molecule has 4 nitrogen and oxygen atoms in total. The molecule has 2 aliphatic rings. The summed E-state index contributed by atoms with van der Waals surface area (Å²) in [4.78, 5) is 23.3. The highest BCUT2D eigenvalue weighted by molar-refractivity contribution is 5.79. The number of rotatable bonds is 6. The van der Waals surface area contributed by atoms with Gasteiger partial charge >= 0.3 is 5.97 Å². The van der Waals surface area contributed by atoms with Gasteiger partial charge in [0, 0.05) is 12.0 Å². The molecule has 4 heteroatoms. The summed E-state index contributed by atoms with van der Waals surface area (Å²) in [5.41, 5.74) is -0.269. The van der Waals surface area contributed by atoms with Crippen molar-refractivity contribution in [3.63, 3.8) is 0 Å². The zero-order valence-electron chi connectivity index (χ0n) is 11.8. The van der Waals surface area contributed by atoms with Gasteiger partial charge in [-0.25, -0.2) is 0 Å². The molecule has 2 fully saturated rings. The van der Waals surface area contributed by atoms with Crippen molar-refractivity contribution in [1.29, 1.82) is 0 Å². The molecule has 0 radical (unpaired) electrons. The van der Waals surface area contributed by atoms with Gasteiger partial charge in [-0.2, -0.15) is 0 Å². The lowest BCUT2D eigenvalue weighted by Gasteiger charge is -2.42. The van der Waals surface area contributed by atoms with Crippen molar-refractivity contribution in [2.45, 2.75) is 76.7 Å². The lowest BCUT2D eigenvalue weighted by Crippen LogP contribution is -2.53. The molecule has 0 bridgehead atoms. The molecule has 0 spiro atoms. The summed E-state index contributed by atoms with van der Waals surface area (Å²) in [6, 6.07) is 0. The first kappa shape index (κ1) is 14.4. The maximum Gasteiger partial charge on any atom is 0.303 e. The van der Waals surface area contributed by atoms with Gasteiger partial charge < -0.3 is 10.4 Å². The Morgan fingerprint density at radius 3 is 2.11 bits per heavy atom. The van der Waals surface area contributed by atoms with Crippen molar-refractivity contribution in [1.82, 2.24) is 5.32 Å². The van der Waals surface area contributed by atoms with E-state index in [9.17, 15) is 9.59 Å². The molecule has 2 N–H and O–H groups in total. The summed E-state index contributed by atoms with van der Waals surface area (Å²) < 4.78 is 0. The first-order valence-electron chi connectivity index (χ1n) is 7.52. The number of carboxylic acids is 1. The van der Waals surface area contributed by atoms with Crippen molar-refractivity contribution >= 4 is 11.9 Å². The van der Waals surface area contributed by atoms with Crippen LogP contribution < -0.4 is 5.32 Å². The fraction of sp³-hybridized carbons (Fsp3) is 0.867. The minimum absolute atomic E-state index is 0.0140. The summed E-state index contributed by atoms with van der Waals surface area (Å²) >= 11 is 0. The van der Waals surface area contributed by atoms with Crippen LogP contribution in [0.5, 0.6) is 0 Å². The molecule has 2 saturated carbocycles. The van der Waals surface area contributed by atoms with Crippen molar-refractivity contribution in [3.8, 4) is 0 Å². The van der Waals surface area contributed by atoms with E-state index in [1.807, 2.05) is 0 Å². The first-order valence-corrected chi connectivity index (χ1v) is 7.52. The van der Waals surface area contributed by atoms with Crippen LogP contribution in [0, 0.1) is 5.41 Å². The number of hydrogen-bond acceptors (Lipinski definition) is 2. The van der Waals surface area contributed by atoms with Crippen molar-refractivity contribution in [3.05, 3.63) is 0 Å². The molecule has 1 amide bonds. The summed E-state index contributed by atoms with van der Waals surface area (Å²) in [5.74, 6) is -0.715. The quantitative estimate of drug-likeness (QED) is 0.777. The second-order valence-electron chi connectivity index (χ2n) is 6.49. The Hall–Kier alpha value is -1.06. The van der Waals surface area contributed by atoms with Crippen LogP contribution in [0.4, 0.5) is 0 Å². The molecule has 0 saturated heterocycles. The van der Waals surface area contributed by atoms with E-state index < -0.39 is 5.97 Å². The minimum atomic E-state index is -0.774. The van der Waals surface area contributed by atoms with Gasteiger partial charge in [0.1, 0.15) is 0 Å². The number of carboxylic acid groups (broad SMARTS) is 1. The molecule has 2 aliphatic carbocycles. The third-order valence-electron chi connectivity index (χ3n) is 5.12. The normalized spacial score (nSPS) is 23.6. The van der Waals surface area contributed by atoms with Gasteiger partial charge in [-0.1, -0.05) is 19.8 Å². The third kappa shape index (κ3) is 3.28. The minimum Gasteiger partial charge on any atom is -0.481 e. The van der Waals surface area contributed by atoms with Crippen LogP contribution in [0.25, 0.3) is 0 Å². The highest BCUT2D eigenvalue weighted by atomic mass is 16.4. The maximum atomic E-state index is 12.2. The molecular formula is C15H25NO3. The molecule has 19 heavy (non-hydrogen) atoms. The smallest absolute Gasteiger partial charge is 0.303 e. The average Bonchev–Trinajstić information content (AvgIpc) is 2.70. The van der Waals surface area contributed by atoms with E-state index in [0.717, 1.165) is 44.9 Å². The maximum absolute atomic E-state index is 12.2. The van der Waals surface area contributed by atoms with E-state index >= 15 is 0 Å². The third-order valence-corrected chi connectivity index (χ3v) is 5.12. The summed E-state index contributed by atoms with van der Waals surface area (Å²) in [6.07, 6.45) is 8.71. The molecule has 0 aromatic rings. The van der Waals surface area contributed by atoms with E-state index in [1.54, 1.807) is 0 Å². The van der Waals surface area contributed by atoms with Crippen LogP contribution in [0.3, 0.4) is 0 Å². The zero-order valence-corrected chi connectivity index (χ0v) is 11.8. The lowest BCUT2D eigenvalue weighted by atomic mass is 9.74. The summed E-state index contributed by atoms with van der Waals surface area (Å²) in [5, 5.41) is 12.2. The Balaban J connectivity index is 1.93. The lowest BCUT2D eigenvalue weighted by molar-refractivity contribution is -0.140. The van der Waals surface area contributed by atoms with Gasteiger partial charge in [0.25, 0.3) is 0 Å². The van der Waals surface area contributed by atoms with Crippen LogP contribution >= 0.6 is 0 Å². The Morgan fingerprint density at radius 2 is 1.68 bits per heavy atom. The largest absolute Gasteiger partial charge is 0.481 e. The van der Waals surface area contributed by atoms with Crippen molar-refractivity contribution in [2.75, 3.05) is 0 Å². The molecule has 0 atom stereocenters. The molecule has 0 aromatic heterocycles. The van der Waals surface area contributed by atoms with E-state index in [-0.39, 0.29) is 23.3 Å². The van der Waals surface area contributed by atoms with Crippen LogP contribution in [-0.4, -0.2) is 22.5 Å². The first-order chi connectivity index (χ1) is 8.99. The highest BCUT2D eigenvalue weighted by Crippen LogP contribution is 2.44. The molecule has 0 aliphatic heterocycles. The van der Waals surface area contributed by atoms with Crippen LogP contribution in [0.2, 0.25) is 0 Å². The Bertz CT molecular complexity index is 349. The van der Waals surface area contributed by atoms with Crippen LogP contribution in [0.15, 0.2) is 0 Å². The van der Waals surface area contributed by atoms with Gasteiger partial charge in [0.2, 0.25) is 5.91 Å². The Labute approximate surface area is 115 Å². The number of hydrogen-bond donors (Lipinski definition) is 2. The molecule has 0 aromatic carbocycles. The number of carbonyl (C=O) groups is 2. The summed E-state index contributed by atoms with van der Waals surface area (Å²) in [6.45, 7) is 2.11. The van der Waals surface area contributed by atoms with Gasteiger partial charge in [0.15, 0.2) is 0 Å². The Kier molecular flexibility index (Phi) is 4.16. The van der Waals surface area contributed by atoms with Gasteiger partial charge in [-0.05, 0) is 43.9 Å². The molecule has 2 rings (SSSR count). The molecule has 0 heterocycles. The molecular weight excluding hydrogens is 242 g/mol. The number of aliphatic carboxylic acids is 1. The standard InChI is InChI=1S/C15H25NO3/c1-2-15(8-5-9-15)16-12(17)10-14(11-13(18)19)6-3-4-7-14/h2-11H2,1H3,(H,16,17)(H,18,19). The monoisotopic (exact) mass is 267 g/mol.